The predicted molar refractivity (Wildman–Crippen MR) is 58.8 cm³/mol. The van der Waals surface area contributed by atoms with Gasteiger partial charge in [0.1, 0.15) is 0 Å². The van der Waals surface area contributed by atoms with Crippen LogP contribution in [-0.4, -0.2) is 5.84 Å². The van der Waals surface area contributed by atoms with Crippen molar-refractivity contribution < 1.29 is 0 Å². The molecule has 1 saturated heterocycles. The summed E-state index contributed by atoms with van der Waals surface area (Å²) in [7, 11) is 0. The molecule has 1 aromatic rings. The van der Waals surface area contributed by atoms with E-state index in [0.29, 0.717) is 11.9 Å². The van der Waals surface area contributed by atoms with Crippen LogP contribution in [-0.2, 0) is 0 Å². The van der Waals surface area contributed by atoms with Crippen molar-refractivity contribution in [1.82, 2.24) is 5.32 Å². The molecule has 2 heteroatoms. The van der Waals surface area contributed by atoms with Crippen molar-refractivity contribution in [2.45, 2.75) is 32.7 Å². The highest BCUT2D eigenvalue weighted by atomic mass is 15.0. The Morgan fingerprint density at radius 2 is 2.14 bits per heavy atom. The molecule has 0 spiro atoms. The van der Waals surface area contributed by atoms with Crippen LogP contribution in [0.2, 0.25) is 0 Å². The largest absolute Gasteiger partial charge is 0.367 e. The Morgan fingerprint density at radius 3 is 2.79 bits per heavy atom. The summed E-state index contributed by atoms with van der Waals surface area (Å²) in [6.45, 7) is 4.25. The van der Waals surface area contributed by atoms with Gasteiger partial charge in [-0.15, -0.1) is 0 Å². The molecule has 0 bridgehead atoms. The van der Waals surface area contributed by atoms with Crippen LogP contribution in [0.3, 0.4) is 0 Å². The maximum absolute atomic E-state index is 7.54. The van der Waals surface area contributed by atoms with Gasteiger partial charge in [0, 0.05) is 6.42 Å². The van der Waals surface area contributed by atoms with Crippen LogP contribution in [0.25, 0.3) is 0 Å². The second kappa shape index (κ2) is 3.45. The molecule has 2 nitrogen and oxygen atoms in total. The summed E-state index contributed by atoms with van der Waals surface area (Å²) in [5.74, 6) is 0.677. The van der Waals surface area contributed by atoms with E-state index in [4.69, 9.17) is 5.41 Å². The standard InChI is InChI=1S/C12H16N2/c1-8-3-4-9(2)10(7-8)11-5-6-12(13)14-11/h3-4,7,11H,5-6H2,1-2H3,(H2,13,14). The Balaban J connectivity index is 2.31. The average molecular weight is 188 g/mol. The molecule has 1 aromatic carbocycles. The normalized spacial score (nSPS) is 21.0. The Labute approximate surface area is 84.9 Å². The third kappa shape index (κ3) is 1.65. The number of amidine groups is 1. The monoisotopic (exact) mass is 188 g/mol. The highest BCUT2D eigenvalue weighted by molar-refractivity contribution is 5.81. The summed E-state index contributed by atoms with van der Waals surface area (Å²) in [5.41, 5.74) is 3.97. The fourth-order valence-electron chi connectivity index (χ4n) is 2.01. The second-order valence-electron chi connectivity index (χ2n) is 4.07. The lowest BCUT2D eigenvalue weighted by atomic mass is 9.98. The van der Waals surface area contributed by atoms with E-state index in [0.717, 1.165) is 12.8 Å². The molecular formula is C12H16N2. The minimum Gasteiger partial charge on any atom is -0.367 e. The molecule has 14 heavy (non-hydrogen) atoms. The number of rotatable bonds is 1. The molecule has 0 aromatic heterocycles. The van der Waals surface area contributed by atoms with Gasteiger partial charge in [-0.3, -0.25) is 5.41 Å². The summed E-state index contributed by atoms with van der Waals surface area (Å²) < 4.78 is 0. The quantitative estimate of drug-likeness (QED) is 0.698. The first kappa shape index (κ1) is 9.25. The molecule has 74 valence electrons. The van der Waals surface area contributed by atoms with Crippen LogP contribution < -0.4 is 5.32 Å². The zero-order chi connectivity index (χ0) is 10.1. The minimum absolute atomic E-state index is 0.363. The van der Waals surface area contributed by atoms with Gasteiger partial charge >= 0.3 is 0 Å². The van der Waals surface area contributed by atoms with Crippen molar-refractivity contribution in [3.05, 3.63) is 34.9 Å². The third-order valence-electron chi connectivity index (χ3n) is 2.84. The van der Waals surface area contributed by atoms with Gasteiger partial charge in [-0.2, -0.15) is 0 Å². The van der Waals surface area contributed by atoms with E-state index in [2.05, 4.69) is 37.4 Å². The summed E-state index contributed by atoms with van der Waals surface area (Å²) in [6, 6.07) is 6.89. The highest BCUT2D eigenvalue weighted by Gasteiger charge is 2.21. The van der Waals surface area contributed by atoms with Crippen LogP contribution in [0.1, 0.15) is 35.6 Å². The highest BCUT2D eigenvalue weighted by Crippen LogP contribution is 2.26. The second-order valence-corrected chi connectivity index (χ2v) is 4.07. The van der Waals surface area contributed by atoms with Crippen LogP contribution in [0.4, 0.5) is 0 Å². The number of benzene rings is 1. The van der Waals surface area contributed by atoms with Crippen LogP contribution >= 0.6 is 0 Å². The molecule has 1 fully saturated rings. The smallest absolute Gasteiger partial charge is 0.0937 e. The van der Waals surface area contributed by atoms with Gasteiger partial charge in [-0.25, -0.2) is 0 Å². The summed E-state index contributed by atoms with van der Waals surface area (Å²) >= 11 is 0. The summed E-state index contributed by atoms with van der Waals surface area (Å²) in [4.78, 5) is 0. The van der Waals surface area contributed by atoms with E-state index in [-0.39, 0.29) is 0 Å². The number of aryl methyl sites for hydroxylation is 2. The first-order chi connectivity index (χ1) is 6.66. The molecule has 1 aliphatic heterocycles. The van der Waals surface area contributed by atoms with Gasteiger partial charge in [0.25, 0.3) is 0 Å². The van der Waals surface area contributed by atoms with Crippen molar-refractivity contribution in [2.24, 2.45) is 0 Å². The fraction of sp³-hybridized carbons (Fsp3) is 0.417. The third-order valence-corrected chi connectivity index (χ3v) is 2.84. The SMILES string of the molecule is Cc1ccc(C)c(C2CCC(=N)N2)c1. The molecule has 1 heterocycles. The number of hydrogen-bond acceptors (Lipinski definition) is 1. The average Bonchev–Trinajstić information content (AvgIpc) is 2.56. The Hall–Kier alpha value is -1.31. The molecule has 1 atom stereocenters. The van der Waals surface area contributed by atoms with Crippen LogP contribution in [0.5, 0.6) is 0 Å². The first-order valence-electron chi connectivity index (χ1n) is 5.08. The summed E-state index contributed by atoms with van der Waals surface area (Å²) in [5, 5.41) is 10.8. The molecule has 0 saturated carbocycles. The predicted octanol–water partition coefficient (Wildman–Crippen LogP) is 2.71. The van der Waals surface area contributed by atoms with Crippen molar-refractivity contribution >= 4 is 5.84 Å². The van der Waals surface area contributed by atoms with Crippen molar-refractivity contribution in [3.8, 4) is 0 Å². The van der Waals surface area contributed by atoms with E-state index in [1.165, 1.54) is 16.7 Å². The van der Waals surface area contributed by atoms with E-state index >= 15 is 0 Å². The molecule has 1 aliphatic rings. The first-order valence-corrected chi connectivity index (χ1v) is 5.08. The lowest BCUT2D eigenvalue weighted by Crippen LogP contribution is -2.18. The fourth-order valence-corrected chi connectivity index (χ4v) is 2.01. The maximum atomic E-state index is 7.54. The Morgan fingerprint density at radius 1 is 1.36 bits per heavy atom. The molecule has 0 radical (unpaired) electrons. The van der Waals surface area contributed by atoms with Crippen molar-refractivity contribution in [1.29, 1.82) is 5.41 Å². The molecule has 1 unspecified atom stereocenters. The Bertz CT molecular complexity index is 369. The zero-order valence-electron chi connectivity index (χ0n) is 8.72. The topological polar surface area (TPSA) is 35.9 Å². The molecule has 0 amide bonds. The van der Waals surface area contributed by atoms with E-state index in [9.17, 15) is 0 Å². The summed E-state index contributed by atoms with van der Waals surface area (Å²) in [6.07, 6.45) is 1.95. The van der Waals surface area contributed by atoms with Crippen LogP contribution in [0.15, 0.2) is 18.2 Å². The number of hydrogen-bond donors (Lipinski definition) is 2. The van der Waals surface area contributed by atoms with E-state index < -0.39 is 0 Å². The lowest BCUT2D eigenvalue weighted by molar-refractivity contribution is 0.669. The molecule has 0 aliphatic carbocycles. The van der Waals surface area contributed by atoms with Crippen molar-refractivity contribution in [2.75, 3.05) is 0 Å². The molecular weight excluding hydrogens is 172 g/mol. The van der Waals surface area contributed by atoms with Gasteiger partial charge in [-0.1, -0.05) is 23.8 Å². The van der Waals surface area contributed by atoms with Gasteiger partial charge in [0.2, 0.25) is 0 Å². The van der Waals surface area contributed by atoms with Gasteiger partial charge < -0.3 is 5.32 Å². The Kier molecular flexibility index (Phi) is 2.28. The lowest BCUT2D eigenvalue weighted by Gasteiger charge is -2.14. The zero-order valence-corrected chi connectivity index (χ0v) is 8.72. The molecule has 2 N–H and O–H groups in total. The number of nitrogens with one attached hydrogen (secondary N) is 2. The van der Waals surface area contributed by atoms with Gasteiger partial charge in [0.15, 0.2) is 0 Å². The minimum atomic E-state index is 0.363. The van der Waals surface area contributed by atoms with Crippen molar-refractivity contribution in [3.63, 3.8) is 0 Å². The van der Waals surface area contributed by atoms with E-state index in [1.54, 1.807) is 0 Å². The maximum Gasteiger partial charge on any atom is 0.0937 e. The van der Waals surface area contributed by atoms with Gasteiger partial charge in [-0.05, 0) is 31.4 Å². The molecule has 2 rings (SSSR count). The van der Waals surface area contributed by atoms with E-state index in [1.807, 2.05) is 0 Å². The van der Waals surface area contributed by atoms with Gasteiger partial charge in [0.05, 0.1) is 11.9 Å². The van der Waals surface area contributed by atoms with Crippen LogP contribution in [0, 0.1) is 19.3 Å².